The number of aromatic nitrogens is 4. The number of benzene rings is 1. The SMILES string of the molecule is CN(C)C(=O)n1c(=O)n(C)c2cnc(Cc3cccc(C(F)(F)F)c3)nc21. The molecule has 0 N–H and O–H groups in total. The van der Waals surface area contributed by atoms with E-state index in [0.29, 0.717) is 11.1 Å². The molecular weight excluding hydrogens is 363 g/mol. The fraction of sp³-hybridized carbons (Fsp3) is 0.294. The summed E-state index contributed by atoms with van der Waals surface area (Å²) in [6.45, 7) is 0. The molecule has 0 spiro atoms. The third-order valence-corrected chi connectivity index (χ3v) is 4.04. The Morgan fingerprint density at radius 3 is 2.59 bits per heavy atom. The Kier molecular flexibility index (Phi) is 4.50. The van der Waals surface area contributed by atoms with Gasteiger partial charge in [-0.05, 0) is 11.6 Å². The summed E-state index contributed by atoms with van der Waals surface area (Å²) in [7, 11) is 4.48. The zero-order valence-electron chi connectivity index (χ0n) is 14.8. The molecule has 3 aromatic rings. The van der Waals surface area contributed by atoms with Gasteiger partial charge in [-0.1, -0.05) is 18.2 Å². The minimum absolute atomic E-state index is 0.0269. The van der Waals surface area contributed by atoms with Gasteiger partial charge in [0.25, 0.3) is 0 Å². The maximum absolute atomic E-state index is 12.9. The predicted molar refractivity (Wildman–Crippen MR) is 91.5 cm³/mol. The molecule has 1 amide bonds. The highest BCUT2D eigenvalue weighted by Gasteiger charge is 2.30. The number of carbonyl (C=O) groups excluding carboxylic acids is 1. The monoisotopic (exact) mass is 379 g/mol. The van der Waals surface area contributed by atoms with Crippen molar-refractivity contribution in [1.29, 1.82) is 0 Å². The van der Waals surface area contributed by atoms with E-state index in [2.05, 4.69) is 9.97 Å². The summed E-state index contributed by atoms with van der Waals surface area (Å²) in [5, 5.41) is 0. The van der Waals surface area contributed by atoms with Crippen LogP contribution in [0.25, 0.3) is 11.2 Å². The first kappa shape index (κ1) is 18.6. The van der Waals surface area contributed by atoms with E-state index >= 15 is 0 Å². The topological polar surface area (TPSA) is 73.0 Å². The van der Waals surface area contributed by atoms with E-state index in [4.69, 9.17) is 0 Å². The molecular formula is C17H16F3N5O2. The molecule has 0 unspecified atom stereocenters. The van der Waals surface area contributed by atoms with Crippen molar-refractivity contribution in [2.24, 2.45) is 7.05 Å². The van der Waals surface area contributed by atoms with Crippen molar-refractivity contribution in [2.75, 3.05) is 14.1 Å². The van der Waals surface area contributed by atoms with E-state index < -0.39 is 23.5 Å². The summed E-state index contributed by atoms with van der Waals surface area (Å²) in [6.07, 6.45) is -3.04. The first-order valence-electron chi connectivity index (χ1n) is 7.90. The molecule has 2 heterocycles. The normalized spacial score (nSPS) is 11.8. The quantitative estimate of drug-likeness (QED) is 0.685. The number of imidazole rings is 1. The largest absolute Gasteiger partial charge is 0.416 e. The molecule has 0 radical (unpaired) electrons. The number of hydrogen-bond donors (Lipinski definition) is 0. The van der Waals surface area contributed by atoms with E-state index in [9.17, 15) is 22.8 Å². The van der Waals surface area contributed by atoms with Gasteiger partial charge in [-0.15, -0.1) is 0 Å². The molecule has 142 valence electrons. The average molecular weight is 379 g/mol. The van der Waals surface area contributed by atoms with E-state index in [0.717, 1.165) is 16.7 Å². The second-order valence-corrected chi connectivity index (χ2v) is 6.22. The zero-order chi connectivity index (χ0) is 19.9. The van der Waals surface area contributed by atoms with Crippen LogP contribution in [0.1, 0.15) is 17.0 Å². The van der Waals surface area contributed by atoms with E-state index in [1.165, 1.54) is 48.9 Å². The Bertz CT molecular complexity index is 1080. The Morgan fingerprint density at radius 1 is 1.26 bits per heavy atom. The van der Waals surface area contributed by atoms with Crippen molar-refractivity contribution in [2.45, 2.75) is 12.6 Å². The van der Waals surface area contributed by atoms with Crippen molar-refractivity contribution < 1.29 is 18.0 Å². The molecule has 0 bridgehead atoms. The van der Waals surface area contributed by atoms with Crippen LogP contribution >= 0.6 is 0 Å². The Balaban J connectivity index is 2.06. The molecule has 0 aliphatic heterocycles. The molecule has 0 atom stereocenters. The van der Waals surface area contributed by atoms with Crippen LogP contribution in [0.4, 0.5) is 18.0 Å². The number of nitrogens with zero attached hydrogens (tertiary/aromatic N) is 5. The van der Waals surface area contributed by atoms with Crippen LogP contribution in [0.5, 0.6) is 0 Å². The second-order valence-electron chi connectivity index (χ2n) is 6.22. The fourth-order valence-corrected chi connectivity index (χ4v) is 2.64. The highest BCUT2D eigenvalue weighted by atomic mass is 19.4. The molecule has 7 nitrogen and oxygen atoms in total. The van der Waals surface area contributed by atoms with Gasteiger partial charge in [-0.3, -0.25) is 4.57 Å². The molecule has 0 saturated carbocycles. The van der Waals surface area contributed by atoms with Crippen LogP contribution in [0, 0.1) is 0 Å². The molecule has 3 rings (SSSR count). The lowest BCUT2D eigenvalue weighted by molar-refractivity contribution is -0.137. The Morgan fingerprint density at radius 2 is 1.96 bits per heavy atom. The zero-order valence-corrected chi connectivity index (χ0v) is 14.8. The summed E-state index contributed by atoms with van der Waals surface area (Å²) in [4.78, 5) is 34.3. The maximum atomic E-state index is 12.9. The van der Waals surface area contributed by atoms with Crippen molar-refractivity contribution in [3.8, 4) is 0 Å². The molecule has 27 heavy (non-hydrogen) atoms. The van der Waals surface area contributed by atoms with Crippen LogP contribution in [0.15, 0.2) is 35.3 Å². The van der Waals surface area contributed by atoms with E-state index in [1.54, 1.807) is 0 Å². The van der Waals surface area contributed by atoms with Gasteiger partial charge in [0.15, 0.2) is 5.65 Å². The van der Waals surface area contributed by atoms with E-state index in [1.807, 2.05) is 0 Å². The summed E-state index contributed by atoms with van der Waals surface area (Å²) in [6, 6.07) is 4.28. The number of halogens is 3. The highest BCUT2D eigenvalue weighted by molar-refractivity contribution is 5.86. The molecule has 0 aliphatic carbocycles. The van der Waals surface area contributed by atoms with Crippen LogP contribution in [-0.2, 0) is 19.6 Å². The minimum atomic E-state index is -4.45. The van der Waals surface area contributed by atoms with Gasteiger partial charge >= 0.3 is 17.9 Å². The number of amides is 1. The number of rotatable bonds is 2. The smallest absolute Gasteiger partial charge is 0.330 e. The first-order valence-corrected chi connectivity index (χ1v) is 7.90. The van der Waals surface area contributed by atoms with E-state index in [-0.39, 0.29) is 17.9 Å². The number of alkyl halides is 3. The summed E-state index contributed by atoms with van der Waals surface area (Å²) in [5.74, 6) is 0.202. The van der Waals surface area contributed by atoms with Gasteiger partial charge in [-0.2, -0.15) is 17.7 Å². The van der Waals surface area contributed by atoms with Gasteiger partial charge in [0.1, 0.15) is 11.3 Å². The average Bonchev–Trinajstić information content (AvgIpc) is 2.84. The molecule has 0 aliphatic rings. The third kappa shape index (κ3) is 3.42. The first-order chi connectivity index (χ1) is 12.6. The molecule has 0 saturated heterocycles. The van der Waals surface area contributed by atoms with Crippen LogP contribution in [-0.4, -0.2) is 44.1 Å². The summed E-state index contributed by atoms with van der Waals surface area (Å²) >= 11 is 0. The lowest BCUT2D eigenvalue weighted by atomic mass is 10.1. The number of carbonyl (C=O) groups is 1. The third-order valence-electron chi connectivity index (χ3n) is 4.04. The van der Waals surface area contributed by atoms with Crippen molar-refractivity contribution >= 4 is 17.2 Å². The standard InChI is InChI=1S/C17H16F3N5O2/c1-23(2)15(26)25-14-12(24(3)16(25)27)9-21-13(22-14)8-10-5-4-6-11(7-10)17(18,19)20/h4-7,9H,8H2,1-3H3. The van der Waals surface area contributed by atoms with Crippen LogP contribution < -0.4 is 5.69 Å². The maximum Gasteiger partial charge on any atom is 0.416 e. The van der Waals surface area contributed by atoms with Gasteiger partial charge in [-0.25, -0.2) is 19.6 Å². The molecule has 10 heteroatoms. The van der Waals surface area contributed by atoms with Crippen molar-refractivity contribution in [3.63, 3.8) is 0 Å². The number of fused-ring (bicyclic) bond motifs is 1. The minimum Gasteiger partial charge on any atom is -0.330 e. The lowest BCUT2D eigenvalue weighted by Gasteiger charge is -2.10. The predicted octanol–water partition coefficient (Wildman–Crippen LogP) is 2.27. The van der Waals surface area contributed by atoms with Crippen molar-refractivity contribution in [3.05, 3.63) is 57.9 Å². The van der Waals surface area contributed by atoms with Gasteiger partial charge < -0.3 is 4.90 Å². The van der Waals surface area contributed by atoms with Crippen LogP contribution in [0.2, 0.25) is 0 Å². The molecule has 2 aromatic heterocycles. The Hall–Kier alpha value is -3.17. The van der Waals surface area contributed by atoms with Gasteiger partial charge in [0.2, 0.25) is 0 Å². The van der Waals surface area contributed by atoms with Gasteiger partial charge in [0.05, 0.1) is 11.8 Å². The van der Waals surface area contributed by atoms with Gasteiger partial charge in [0, 0.05) is 27.6 Å². The molecule has 1 aromatic carbocycles. The highest BCUT2D eigenvalue weighted by Crippen LogP contribution is 2.29. The lowest BCUT2D eigenvalue weighted by Crippen LogP contribution is -2.35. The summed E-state index contributed by atoms with van der Waals surface area (Å²) < 4.78 is 40.7. The fourth-order valence-electron chi connectivity index (χ4n) is 2.64. The molecule has 0 fully saturated rings. The second kappa shape index (κ2) is 6.53. The number of hydrogen-bond acceptors (Lipinski definition) is 4. The van der Waals surface area contributed by atoms with Crippen LogP contribution in [0.3, 0.4) is 0 Å². The van der Waals surface area contributed by atoms with Crippen molar-refractivity contribution in [1.82, 2.24) is 24.0 Å². The number of aryl methyl sites for hydroxylation is 1. The Labute approximate surface area is 151 Å². The summed E-state index contributed by atoms with van der Waals surface area (Å²) in [5.41, 5.74) is -0.510.